The van der Waals surface area contributed by atoms with E-state index in [9.17, 15) is 4.79 Å². The Labute approximate surface area is 107 Å². The molecule has 0 bridgehead atoms. The van der Waals surface area contributed by atoms with Crippen LogP contribution in [-0.4, -0.2) is 12.5 Å². The van der Waals surface area contributed by atoms with E-state index in [1.54, 1.807) is 6.08 Å². The molecule has 100 valence electrons. The van der Waals surface area contributed by atoms with Crippen LogP contribution in [0.15, 0.2) is 12.2 Å². The largest absolute Gasteiger partial charge is 0.353 e. The molecule has 2 heteroatoms. The van der Waals surface area contributed by atoms with Crippen molar-refractivity contribution in [1.29, 1.82) is 0 Å². The topological polar surface area (TPSA) is 29.1 Å². The van der Waals surface area contributed by atoms with Gasteiger partial charge in [0, 0.05) is 6.54 Å². The highest BCUT2D eigenvalue weighted by atomic mass is 16.1. The molecule has 0 aliphatic rings. The monoisotopic (exact) mass is 239 g/mol. The molecule has 0 aliphatic carbocycles. The van der Waals surface area contributed by atoms with E-state index in [0.29, 0.717) is 0 Å². The summed E-state index contributed by atoms with van der Waals surface area (Å²) in [4.78, 5) is 11.3. The fraction of sp³-hybridized carbons (Fsp3) is 0.800. The predicted octanol–water partition coefficient (Wildman–Crippen LogP) is 4.21. The van der Waals surface area contributed by atoms with Crippen molar-refractivity contribution in [2.75, 3.05) is 6.54 Å². The lowest BCUT2D eigenvalue weighted by Gasteiger charge is -2.00. The van der Waals surface area contributed by atoms with Crippen molar-refractivity contribution in [3.05, 3.63) is 12.2 Å². The number of nitrogens with one attached hydrogen (secondary N) is 1. The number of amides is 1. The molecule has 0 saturated carbocycles. The molecule has 0 radical (unpaired) electrons. The highest BCUT2D eigenvalue weighted by Crippen LogP contribution is 2.05. The van der Waals surface area contributed by atoms with Crippen LogP contribution >= 0.6 is 0 Å². The Morgan fingerprint density at radius 3 is 2.29 bits per heavy atom. The summed E-state index contributed by atoms with van der Waals surface area (Å²) in [6, 6.07) is 0. The summed E-state index contributed by atoms with van der Waals surface area (Å²) in [5, 5.41) is 2.90. The van der Waals surface area contributed by atoms with E-state index in [1.807, 2.05) is 6.08 Å². The van der Waals surface area contributed by atoms with E-state index in [0.717, 1.165) is 19.4 Å². The average molecular weight is 239 g/mol. The zero-order valence-corrected chi connectivity index (χ0v) is 11.6. The van der Waals surface area contributed by atoms with Crippen molar-refractivity contribution in [1.82, 2.24) is 5.32 Å². The molecular weight excluding hydrogens is 210 g/mol. The van der Waals surface area contributed by atoms with E-state index < -0.39 is 0 Å². The highest BCUT2D eigenvalue weighted by molar-refractivity contribution is 5.87. The van der Waals surface area contributed by atoms with Gasteiger partial charge in [-0.3, -0.25) is 4.79 Å². The molecule has 0 aromatic carbocycles. The molecule has 0 saturated heterocycles. The maximum absolute atomic E-state index is 11.3. The standard InChI is InChI=1S/C15H29NO/c1-3-5-7-8-9-10-11-13-15(17)16-14-12-6-4-2/h11,13H,3-10,12,14H2,1-2H3,(H,16,17). The van der Waals surface area contributed by atoms with Crippen LogP contribution < -0.4 is 5.32 Å². The minimum absolute atomic E-state index is 0.0645. The van der Waals surface area contributed by atoms with Crippen LogP contribution in [-0.2, 0) is 4.79 Å². The van der Waals surface area contributed by atoms with Crippen molar-refractivity contribution in [2.45, 2.75) is 71.6 Å². The summed E-state index contributed by atoms with van der Waals surface area (Å²) >= 11 is 0. The molecule has 0 aromatic rings. The Morgan fingerprint density at radius 1 is 0.941 bits per heavy atom. The lowest BCUT2D eigenvalue weighted by molar-refractivity contribution is -0.116. The molecular formula is C15H29NO. The first kappa shape index (κ1) is 16.2. The predicted molar refractivity (Wildman–Crippen MR) is 75.1 cm³/mol. The van der Waals surface area contributed by atoms with Crippen molar-refractivity contribution >= 4 is 5.91 Å². The Bertz CT molecular complexity index is 199. The van der Waals surface area contributed by atoms with Crippen LogP contribution in [0.3, 0.4) is 0 Å². The van der Waals surface area contributed by atoms with Crippen LogP contribution in [0.2, 0.25) is 0 Å². The van der Waals surface area contributed by atoms with Gasteiger partial charge in [-0.2, -0.15) is 0 Å². The second kappa shape index (κ2) is 13.3. The molecule has 0 aromatic heterocycles. The summed E-state index contributed by atoms with van der Waals surface area (Å²) in [7, 11) is 0. The van der Waals surface area contributed by atoms with Gasteiger partial charge in [-0.25, -0.2) is 0 Å². The average Bonchev–Trinajstić information content (AvgIpc) is 2.33. The number of hydrogen-bond acceptors (Lipinski definition) is 1. The van der Waals surface area contributed by atoms with E-state index >= 15 is 0 Å². The van der Waals surface area contributed by atoms with E-state index in [4.69, 9.17) is 0 Å². The first-order chi connectivity index (χ1) is 8.31. The van der Waals surface area contributed by atoms with Crippen LogP contribution in [0.4, 0.5) is 0 Å². The molecule has 0 aliphatic heterocycles. The molecule has 1 amide bonds. The van der Waals surface area contributed by atoms with Crippen molar-refractivity contribution < 1.29 is 4.79 Å². The number of rotatable bonds is 11. The second-order valence-corrected chi connectivity index (χ2v) is 4.60. The van der Waals surface area contributed by atoms with Gasteiger partial charge in [0.2, 0.25) is 5.91 Å². The van der Waals surface area contributed by atoms with Gasteiger partial charge in [0.1, 0.15) is 0 Å². The Morgan fingerprint density at radius 2 is 1.59 bits per heavy atom. The van der Waals surface area contributed by atoms with E-state index in [-0.39, 0.29) is 5.91 Å². The number of unbranched alkanes of at least 4 members (excludes halogenated alkanes) is 7. The lowest BCUT2D eigenvalue weighted by Crippen LogP contribution is -2.21. The van der Waals surface area contributed by atoms with Gasteiger partial charge >= 0.3 is 0 Å². The molecule has 1 N–H and O–H groups in total. The third kappa shape index (κ3) is 13.1. The van der Waals surface area contributed by atoms with Crippen molar-refractivity contribution in [3.63, 3.8) is 0 Å². The summed E-state index contributed by atoms with van der Waals surface area (Å²) in [5.74, 6) is 0.0645. The van der Waals surface area contributed by atoms with E-state index in [1.165, 1.54) is 44.9 Å². The van der Waals surface area contributed by atoms with Crippen LogP contribution in [0.1, 0.15) is 71.6 Å². The number of carbonyl (C=O) groups excluding carboxylic acids is 1. The van der Waals surface area contributed by atoms with Gasteiger partial charge in [-0.05, 0) is 25.3 Å². The molecule has 0 atom stereocenters. The molecule has 0 heterocycles. The molecule has 2 nitrogen and oxygen atoms in total. The van der Waals surface area contributed by atoms with Crippen molar-refractivity contribution in [2.24, 2.45) is 0 Å². The maximum Gasteiger partial charge on any atom is 0.243 e. The minimum atomic E-state index is 0.0645. The molecule has 0 fully saturated rings. The first-order valence-electron chi connectivity index (χ1n) is 7.25. The van der Waals surface area contributed by atoms with Gasteiger partial charge in [0.25, 0.3) is 0 Å². The maximum atomic E-state index is 11.3. The summed E-state index contributed by atoms with van der Waals surface area (Å²) in [6.07, 6.45) is 14.7. The summed E-state index contributed by atoms with van der Waals surface area (Å²) < 4.78 is 0. The van der Waals surface area contributed by atoms with Gasteiger partial charge in [0.15, 0.2) is 0 Å². The molecule has 17 heavy (non-hydrogen) atoms. The molecule has 0 spiro atoms. The SMILES string of the molecule is CCCCCCCC=CC(=O)NCCCCC. The fourth-order valence-corrected chi connectivity index (χ4v) is 1.70. The Hall–Kier alpha value is -0.790. The van der Waals surface area contributed by atoms with Gasteiger partial charge in [-0.1, -0.05) is 58.4 Å². The van der Waals surface area contributed by atoms with Gasteiger partial charge in [-0.15, -0.1) is 0 Å². The van der Waals surface area contributed by atoms with Crippen molar-refractivity contribution in [3.8, 4) is 0 Å². The Balaban J connectivity index is 3.28. The first-order valence-corrected chi connectivity index (χ1v) is 7.25. The fourth-order valence-electron chi connectivity index (χ4n) is 1.70. The van der Waals surface area contributed by atoms with Crippen LogP contribution in [0, 0.1) is 0 Å². The minimum Gasteiger partial charge on any atom is -0.353 e. The van der Waals surface area contributed by atoms with Gasteiger partial charge < -0.3 is 5.32 Å². The Kier molecular flexibility index (Phi) is 12.7. The quantitative estimate of drug-likeness (QED) is 0.425. The molecule has 0 unspecified atom stereocenters. The second-order valence-electron chi connectivity index (χ2n) is 4.60. The third-order valence-corrected chi connectivity index (χ3v) is 2.82. The lowest BCUT2D eigenvalue weighted by atomic mass is 10.1. The number of hydrogen-bond donors (Lipinski definition) is 1. The smallest absolute Gasteiger partial charge is 0.243 e. The number of carbonyl (C=O) groups is 1. The zero-order chi connectivity index (χ0) is 12.8. The zero-order valence-electron chi connectivity index (χ0n) is 11.6. The molecule has 0 rings (SSSR count). The van der Waals surface area contributed by atoms with Gasteiger partial charge in [0.05, 0.1) is 0 Å². The highest BCUT2D eigenvalue weighted by Gasteiger charge is 1.93. The van der Waals surface area contributed by atoms with Crippen LogP contribution in [0.25, 0.3) is 0 Å². The summed E-state index contributed by atoms with van der Waals surface area (Å²) in [6.45, 7) is 5.20. The number of allylic oxidation sites excluding steroid dienone is 1. The van der Waals surface area contributed by atoms with E-state index in [2.05, 4.69) is 19.2 Å². The summed E-state index contributed by atoms with van der Waals surface area (Å²) in [5.41, 5.74) is 0. The normalized spacial score (nSPS) is 10.9. The van der Waals surface area contributed by atoms with Crippen LogP contribution in [0.5, 0.6) is 0 Å². The third-order valence-electron chi connectivity index (χ3n) is 2.82.